The highest BCUT2D eigenvalue weighted by atomic mass is 32.2. The van der Waals surface area contributed by atoms with Gasteiger partial charge >= 0.3 is 0 Å². The first-order valence-electron chi connectivity index (χ1n) is 10.4. The highest BCUT2D eigenvalue weighted by Crippen LogP contribution is 2.25. The van der Waals surface area contributed by atoms with Crippen LogP contribution in [0, 0.1) is 0 Å². The van der Waals surface area contributed by atoms with E-state index in [1.165, 1.54) is 4.31 Å². The largest absolute Gasteiger partial charge is 0.497 e. The van der Waals surface area contributed by atoms with Gasteiger partial charge in [0.15, 0.2) is 0 Å². The molecule has 1 amide bonds. The zero-order chi connectivity index (χ0) is 23.1. The van der Waals surface area contributed by atoms with Gasteiger partial charge in [0.25, 0.3) is 0 Å². The molecular weight excluding hydrogens is 428 g/mol. The smallest absolute Gasteiger partial charge is 0.240 e. The first-order chi connectivity index (χ1) is 15.3. The van der Waals surface area contributed by atoms with Crippen molar-refractivity contribution in [3.63, 3.8) is 0 Å². The number of rotatable bonds is 10. The number of ether oxygens (including phenoxy) is 1. The Labute approximate surface area is 188 Å². The summed E-state index contributed by atoms with van der Waals surface area (Å²) in [6.07, 6.45) is 2.63. The van der Waals surface area contributed by atoms with Crippen molar-refractivity contribution < 1.29 is 17.9 Å². The highest BCUT2D eigenvalue weighted by molar-refractivity contribution is 7.88. The van der Waals surface area contributed by atoms with Crippen LogP contribution in [-0.2, 0) is 14.8 Å². The monoisotopic (exact) mass is 456 g/mol. The van der Waals surface area contributed by atoms with E-state index in [0.717, 1.165) is 23.9 Å². The Morgan fingerprint density at radius 2 is 1.81 bits per heavy atom. The molecule has 0 saturated carbocycles. The van der Waals surface area contributed by atoms with E-state index in [1.807, 2.05) is 49.4 Å². The van der Waals surface area contributed by atoms with Gasteiger partial charge in [-0.15, -0.1) is 0 Å². The number of nitrogens with zero attached hydrogens (tertiary/aromatic N) is 3. The third-order valence-electron chi connectivity index (χ3n) is 4.91. The Hall–Kier alpha value is -3.17. The number of anilines is 1. The van der Waals surface area contributed by atoms with Crippen LogP contribution in [0.1, 0.15) is 19.8 Å². The van der Waals surface area contributed by atoms with Gasteiger partial charge in [-0.25, -0.2) is 13.1 Å². The van der Waals surface area contributed by atoms with Gasteiger partial charge in [0, 0.05) is 18.2 Å². The number of carbonyl (C=O) groups is 1. The van der Waals surface area contributed by atoms with E-state index in [0.29, 0.717) is 30.2 Å². The van der Waals surface area contributed by atoms with Crippen LogP contribution < -0.4 is 10.1 Å². The van der Waals surface area contributed by atoms with Crippen molar-refractivity contribution in [3.8, 4) is 22.7 Å². The third-order valence-corrected chi connectivity index (χ3v) is 6.16. The average molecular weight is 457 g/mol. The molecule has 0 bridgehead atoms. The minimum atomic E-state index is -3.50. The maximum atomic E-state index is 12.8. The van der Waals surface area contributed by atoms with Gasteiger partial charge in [0.2, 0.25) is 15.9 Å². The lowest BCUT2D eigenvalue weighted by Gasteiger charge is -2.19. The Kier molecular flexibility index (Phi) is 7.66. The first-order valence-corrected chi connectivity index (χ1v) is 12.2. The maximum Gasteiger partial charge on any atom is 0.240 e. The van der Waals surface area contributed by atoms with Gasteiger partial charge < -0.3 is 10.1 Å². The highest BCUT2D eigenvalue weighted by Gasteiger charge is 2.21. The number of carbonyl (C=O) groups excluding carboxylic acids is 1. The Morgan fingerprint density at radius 1 is 1.12 bits per heavy atom. The van der Waals surface area contributed by atoms with E-state index in [-0.39, 0.29) is 6.54 Å². The summed E-state index contributed by atoms with van der Waals surface area (Å²) in [5, 5.41) is 7.50. The van der Waals surface area contributed by atoms with Gasteiger partial charge in [-0.2, -0.15) is 9.40 Å². The topological polar surface area (TPSA) is 93.5 Å². The van der Waals surface area contributed by atoms with E-state index in [2.05, 4.69) is 10.4 Å². The summed E-state index contributed by atoms with van der Waals surface area (Å²) < 4.78 is 32.2. The molecule has 3 rings (SSSR count). The molecule has 0 atom stereocenters. The van der Waals surface area contributed by atoms with Crippen LogP contribution in [0.15, 0.2) is 60.7 Å². The molecule has 9 heteroatoms. The number of hydrogen-bond acceptors (Lipinski definition) is 5. The SMILES string of the molecule is CCCCN(CC(=O)Nc1cc(-c2ccccc2)nn1-c1ccc(OC)cc1)S(C)(=O)=O. The third kappa shape index (κ3) is 5.95. The van der Waals surface area contributed by atoms with Crippen LogP contribution in [0.25, 0.3) is 16.9 Å². The molecule has 2 aromatic carbocycles. The lowest BCUT2D eigenvalue weighted by atomic mass is 10.2. The summed E-state index contributed by atoms with van der Waals surface area (Å²) in [6, 6.07) is 18.7. The molecule has 1 N–H and O–H groups in total. The predicted octanol–water partition coefficient (Wildman–Crippen LogP) is 3.55. The Balaban J connectivity index is 1.91. The molecule has 0 aliphatic rings. The van der Waals surface area contributed by atoms with Crippen molar-refractivity contribution in [3.05, 3.63) is 60.7 Å². The van der Waals surface area contributed by atoms with Crippen LogP contribution in [0.4, 0.5) is 5.82 Å². The van der Waals surface area contributed by atoms with Crippen molar-refractivity contribution >= 4 is 21.7 Å². The quantitative estimate of drug-likeness (QED) is 0.504. The number of amides is 1. The van der Waals surface area contributed by atoms with Crippen molar-refractivity contribution in [2.45, 2.75) is 19.8 Å². The number of aromatic nitrogens is 2. The zero-order valence-electron chi connectivity index (χ0n) is 18.5. The molecule has 0 fully saturated rings. The van der Waals surface area contributed by atoms with Gasteiger partial charge in [-0.1, -0.05) is 43.7 Å². The van der Waals surface area contributed by atoms with Gasteiger partial charge in [-0.3, -0.25) is 4.79 Å². The maximum absolute atomic E-state index is 12.8. The van der Waals surface area contributed by atoms with Gasteiger partial charge in [0.1, 0.15) is 11.6 Å². The second-order valence-corrected chi connectivity index (χ2v) is 9.37. The van der Waals surface area contributed by atoms with Gasteiger partial charge in [-0.05, 0) is 30.7 Å². The fraction of sp³-hybridized carbons (Fsp3) is 0.304. The first kappa shape index (κ1) is 23.5. The molecule has 0 aliphatic carbocycles. The number of sulfonamides is 1. The number of unbranched alkanes of at least 4 members (excludes halogenated alkanes) is 1. The van der Waals surface area contributed by atoms with E-state index >= 15 is 0 Å². The second kappa shape index (κ2) is 10.4. The number of benzene rings is 2. The summed E-state index contributed by atoms with van der Waals surface area (Å²) >= 11 is 0. The fourth-order valence-corrected chi connectivity index (χ4v) is 3.99. The van der Waals surface area contributed by atoms with Crippen LogP contribution in [0.2, 0.25) is 0 Å². The van der Waals surface area contributed by atoms with Crippen molar-refractivity contribution in [2.24, 2.45) is 0 Å². The average Bonchev–Trinajstić information content (AvgIpc) is 3.20. The summed E-state index contributed by atoms with van der Waals surface area (Å²) in [5.41, 5.74) is 2.31. The van der Waals surface area contributed by atoms with Crippen LogP contribution in [0.5, 0.6) is 5.75 Å². The molecule has 0 aliphatic heterocycles. The Morgan fingerprint density at radius 3 is 2.41 bits per heavy atom. The summed E-state index contributed by atoms with van der Waals surface area (Å²) in [4.78, 5) is 12.8. The molecule has 0 unspecified atom stereocenters. The molecule has 170 valence electrons. The summed E-state index contributed by atoms with van der Waals surface area (Å²) in [7, 11) is -1.90. The van der Waals surface area contributed by atoms with Gasteiger partial charge in [0.05, 0.1) is 31.3 Å². The molecule has 0 radical (unpaired) electrons. The van der Waals surface area contributed by atoms with Crippen molar-refractivity contribution in [1.29, 1.82) is 0 Å². The number of nitrogens with one attached hydrogen (secondary N) is 1. The molecule has 1 heterocycles. The summed E-state index contributed by atoms with van der Waals surface area (Å²) in [6.45, 7) is 2.02. The molecule has 3 aromatic rings. The normalized spacial score (nSPS) is 11.5. The lowest BCUT2D eigenvalue weighted by Crippen LogP contribution is -2.38. The van der Waals surface area contributed by atoms with E-state index < -0.39 is 15.9 Å². The van der Waals surface area contributed by atoms with Crippen molar-refractivity contribution in [2.75, 3.05) is 31.8 Å². The number of methoxy groups -OCH3 is 1. The Bertz CT molecular complexity index is 1140. The van der Waals surface area contributed by atoms with E-state index in [4.69, 9.17) is 4.74 Å². The predicted molar refractivity (Wildman–Crippen MR) is 126 cm³/mol. The van der Waals surface area contributed by atoms with E-state index in [1.54, 1.807) is 30.0 Å². The zero-order valence-corrected chi connectivity index (χ0v) is 19.3. The molecule has 32 heavy (non-hydrogen) atoms. The molecule has 1 aromatic heterocycles. The molecule has 8 nitrogen and oxygen atoms in total. The number of hydrogen-bond donors (Lipinski definition) is 1. The molecule has 0 spiro atoms. The standard InChI is InChI=1S/C23H28N4O4S/c1-4-5-15-26(32(3,29)30)17-23(28)24-22-16-21(18-9-7-6-8-10-18)25-27(22)19-11-13-20(31-2)14-12-19/h6-14,16H,4-5,15,17H2,1-3H3,(H,24,28). The van der Waals surface area contributed by atoms with Crippen LogP contribution in [-0.4, -0.2) is 54.9 Å². The van der Waals surface area contributed by atoms with Crippen LogP contribution in [0.3, 0.4) is 0 Å². The molecular formula is C23H28N4O4S. The lowest BCUT2D eigenvalue weighted by molar-refractivity contribution is -0.116. The molecule has 0 saturated heterocycles. The fourth-order valence-electron chi connectivity index (χ4n) is 3.18. The minimum Gasteiger partial charge on any atom is -0.497 e. The minimum absolute atomic E-state index is 0.257. The van der Waals surface area contributed by atoms with Crippen LogP contribution >= 0.6 is 0 Å². The summed E-state index contributed by atoms with van der Waals surface area (Å²) in [5.74, 6) is 0.721. The van der Waals surface area contributed by atoms with E-state index in [9.17, 15) is 13.2 Å². The van der Waals surface area contributed by atoms with Crippen molar-refractivity contribution in [1.82, 2.24) is 14.1 Å². The second-order valence-electron chi connectivity index (χ2n) is 7.39.